The zero-order valence-corrected chi connectivity index (χ0v) is 15.6. The van der Waals surface area contributed by atoms with Crippen LogP contribution < -0.4 is 10.1 Å². The molecule has 2 heterocycles. The Morgan fingerprint density at radius 3 is 2.80 bits per heavy atom. The fourth-order valence-corrected chi connectivity index (χ4v) is 4.01. The highest BCUT2D eigenvalue weighted by Crippen LogP contribution is 2.33. The van der Waals surface area contributed by atoms with E-state index in [9.17, 15) is 4.79 Å². The lowest BCUT2D eigenvalue weighted by Crippen LogP contribution is -2.42. The first kappa shape index (κ1) is 18.2. The van der Waals surface area contributed by atoms with Crippen molar-refractivity contribution in [3.8, 4) is 5.75 Å². The highest BCUT2D eigenvalue weighted by Gasteiger charge is 2.39. The third kappa shape index (κ3) is 4.33. The molecule has 138 valence electrons. The molecule has 2 aliphatic rings. The number of nitrogens with one attached hydrogen (secondary N) is 1. The molecule has 0 bridgehead atoms. The normalized spacial score (nSPS) is 25.1. The maximum atomic E-state index is 12.7. The number of carbonyl (C=O) groups excluding carboxylic acids is 1. The number of aryl methyl sites for hydroxylation is 1. The zero-order chi connectivity index (χ0) is 17.8. The fourth-order valence-electron chi connectivity index (χ4n) is 4.01. The Bertz CT molecular complexity index is 597. The highest BCUT2D eigenvalue weighted by atomic mass is 16.5. The zero-order valence-electron chi connectivity index (χ0n) is 15.6. The lowest BCUT2D eigenvalue weighted by Gasteiger charge is -2.34. The predicted molar refractivity (Wildman–Crippen MR) is 97.6 cm³/mol. The van der Waals surface area contributed by atoms with E-state index in [0.717, 1.165) is 49.2 Å². The number of carbonyl (C=O) groups is 1. The molecule has 2 aliphatic heterocycles. The number of methoxy groups -OCH3 is 1. The van der Waals surface area contributed by atoms with E-state index < -0.39 is 0 Å². The van der Waals surface area contributed by atoms with Gasteiger partial charge in [-0.1, -0.05) is 12.1 Å². The van der Waals surface area contributed by atoms with Gasteiger partial charge >= 0.3 is 0 Å². The van der Waals surface area contributed by atoms with Crippen molar-refractivity contribution >= 4 is 5.91 Å². The van der Waals surface area contributed by atoms with Gasteiger partial charge in [-0.2, -0.15) is 0 Å². The first-order chi connectivity index (χ1) is 12.1. The van der Waals surface area contributed by atoms with Gasteiger partial charge in [-0.25, -0.2) is 0 Å². The number of likely N-dealkylation sites (tertiary alicyclic amines) is 1. The van der Waals surface area contributed by atoms with Crippen LogP contribution in [0.3, 0.4) is 0 Å². The van der Waals surface area contributed by atoms with Gasteiger partial charge in [-0.15, -0.1) is 0 Å². The second-order valence-electron chi connectivity index (χ2n) is 7.39. The van der Waals surface area contributed by atoms with Crippen molar-refractivity contribution in [2.75, 3.05) is 33.9 Å². The molecule has 1 aromatic carbocycles. The van der Waals surface area contributed by atoms with Crippen molar-refractivity contribution in [1.29, 1.82) is 0 Å². The van der Waals surface area contributed by atoms with Gasteiger partial charge in [0.1, 0.15) is 5.75 Å². The van der Waals surface area contributed by atoms with Crippen molar-refractivity contribution in [2.24, 2.45) is 11.8 Å². The van der Waals surface area contributed by atoms with E-state index in [1.54, 1.807) is 7.11 Å². The molecular formula is C20H30N2O3. The quantitative estimate of drug-likeness (QED) is 0.889. The molecule has 0 aliphatic carbocycles. The predicted octanol–water partition coefficient (Wildman–Crippen LogP) is 2.37. The third-order valence-electron chi connectivity index (χ3n) is 5.64. The van der Waals surface area contributed by atoms with Gasteiger partial charge in [-0.05, 0) is 69.4 Å². The van der Waals surface area contributed by atoms with Crippen LogP contribution in [0.1, 0.15) is 30.4 Å². The first-order valence-corrected chi connectivity index (χ1v) is 9.30. The van der Waals surface area contributed by atoms with Crippen molar-refractivity contribution in [3.05, 3.63) is 29.3 Å². The molecule has 3 rings (SSSR count). The second-order valence-corrected chi connectivity index (χ2v) is 7.39. The van der Waals surface area contributed by atoms with Gasteiger partial charge in [0.25, 0.3) is 0 Å². The van der Waals surface area contributed by atoms with Gasteiger partial charge in [0.15, 0.2) is 0 Å². The number of amides is 1. The summed E-state index contributed by atoms with van der Waals surface area (Å²) in [7, 11) is 3.83. The smallest absolute Gasteiger partial charge is 0.226 e. The molecule has 2 fully saturated rings. The van der Waals surface area contributed by atoms with E-state index in [0.29, 0.717) is 19.1 Å². The largest absolute Gasteiger partial charge is 0.496 e. The number of benzene rings is 1. The average Bonchev–Trinajstić information content (AvgIpc) is 3.11. The molecule has 1 N–H and O–H groups in total. The molecule has 0 aromatic heterocycles. The van der Waals surface area contributed by atoms with Crippen LogP contribution in [0.4, 0.5) is 0 Å². The summed E-state index contributed by atoms with van der Waals surface area (Å²) >= 11 is 0. The summed E-state index contributed by atoms with van der Waals surface area (Å²) in [5.41, 5.74) is 2.16. The molecule has 1 aromatic rings. The Hall–Kier alpha value is -1.59. The Kier molecular flexibility index (Phi) is 5.97. The summed E-state index contributed by atoms with van der Waals surface area (Å²) in [6.45, 7) is 5.45. The van der Waals surface area contributed by atoms with Crippen LogP contribution in [0.25, 0.3) is 0 Å². The standard InChI is InChI=1S/C20H30N2O3/c1-14-4-5-15(12-18(14)24-3)13-21-20(23)17-8-11-25-19(17)16-6-9-22(2)10-7-16/h4-5,12,16-17,19H,6-11,13H2,1-3H3,(H,21,23)/t17-,19+/m0/s1. The molecule has 0 radical (unpaired) electrons. The van der Waals surface area contributed by atoms with Gasteiger partial charge in [-0.3, -0.25) is 4.79 Å². The van der Waals surface area contributed by atoms with Crippen LogP contribution in [0.15, 0.2) is 18.2 Å². The van der Waals surface area contributed by atoms with Gasteiger partial charge in [0, 0.05) is 13.2 Å². The van der Waals surface area contributed by atoms with Crippen molar-refractivity contribution in [3.63, 3.8) is 0 Å². The van der Waals surface area contributed by atoms with Crippen molar-refractivity contribution < 1.29 is 14.3 Å². The summed E-state index contributed by atoms with van der Waals surface area (Å²) in [6.07, 6.45) is 3.17. The number of rotatable bonds is 5. The Morgan fingerprint density at radius 2 is 2.08 bits per heavy atom. The van der Waals surface area contributed by atoms with E-state index >= 15 is 0 Å². The molecule has 0 unspecified atom stereocenters. The van der Waals surface area contributed by atoms with Crippen LogP contribution in [-0.2, 0) is 16.1 Å². The van der Waals surface area contributed by atoms with Crippen LogP contribution in [0.2, 0.25) is 0 Å². The molecule has 2 saturated heterocycles. The number of nitrogens with zero attached hydrogens (tertiary/aromatic N) is 1. The number of ether oxygens (including phenoxy) is 2. The van der Waals surface area contributed by atoms with Crippen LogP contribution >= 0.6 is 0 Å². The maximum Gasteiger partial charge on any atom is 0.226 e. The lowest BCUT2D eigenvalue weighted by molar-refractivity contribution is -0.128. The SMILES string of the molecule is COc1cc(CNC(=O)[C@H]2CCO[C@@H]2C2CCN(C)CC2)ccc1C. The van der Waals surface area contributed by atoms with E-state index in [1.807, 2.05) is 25.1 Å². The van der Waals surface area contributed by atoms with Crippen LogP contribution in [0.5, 0.6) is 5.75 Å². The van der Waals surface area contributed by atoms with Gasteiger partial charge in [0.2, 0.25) is 5.91 Å². The minimum absolute atomic E-state index is 0.0132. The van der Waals surface area contributed by atoms with E-state index in [4.69, 9.17) is 9.47 Å². The monoisotopic (exact) mass is 346 g/mol. The molecule has 5 nitrogen and oxygen atoms in total. The topological polar surface area (TPSA) is 50.8 Å². The summed E-state index contributed by atoms with van der Waals surface area (Å²) in [6, 6.07) is 6.06. The molecule has 0 spiro atoms. The molecule has 1 amide bonds. The van der Waals surface area contributed by atoms with Crippen LogP contribution in [-0.4, -0.2) is 50.8 Å². The van der Waals surface area contributed by atoms with E-state index in [-0.39, 0.29) is 17.9 Å². The summed E-state index contributed by atoms with van der Waals surface area (Å²) in [5, 5.41) is 3.10. The van der Waals surface area contributed by atoms with Crippen molar-refractivity contribution in [1.82, 2.24) is 10.2 Å². The minimum atomic E-state index is -0.0132. The first-order valence-electron chi connectivity index (χ1n) is 9.30. The number of hydrogen-bond acceptors (Lipinski definition) is 4. The Balaban J connectivity index is 1.57. The summed E-state index contributed by atoms with van der Waals surface area (Å²) in [4.78, 5) is 15.1. The minimum Gasteiger partial charge on any atom is -0.496 e. The average molecular weight is 346 g/mol. The number of hydrogen-bond donors (Lipinski definition) is 1. The summed E-state index contributed by atoms with van der Waals surface area (Å²) < 4.78 is 11.3. The van der Waals surface area contributed by atoms with Gasteiger partial charge in [0.05, 0.1) is 19.1 Å². The molecule has 25 heavy (non-hydrogen) atoms. The fraction of sp³-hybridized carbons (Fsp3) is 0.650. The molecule has 0 saturated carbocycles. The second kappa shape index (κ2) is 8.19. The Morgan fingerprint density at radius 1 is 1.32 bits per heavy atom. The summed E-state index contributed by atoms with van der Waals surface area (Å²) in [5.74, 6) is 1.48. The number of piperidine rings is 1. The lowest BCUT2D eigenvalue weighted by atomic mass is 9.84. The van der Waals surface area contributed by atoms with E-state index in [2.05, 4.69) is 17.3 Å². The van der Waals surface area contributed by atoms with Crippen molar-refractivity contribution in [2.45, 2.75) is 38.8 Å². The molecule has 2 atom stereocenters. The maximum absolute atomic E-state index is 12.7. The highest BCUT2D eigenvalue weighted by molar-refractivity contribution is 5.79. The van der Waals surface area contributed by atoms with Crippen LogP contribution in [0, 0.1) is 18.8 Å². The Labute approximate surface area is 150 Å². The molecule has 5 heteroatoms. The third-order valence-corrected chi connectivity index (χ3v) is 5.64. The molecular weight excluding hydrogens is 316 g/mol. The van der Waals surface area contributed by atoms with Gasteiger partial charge < -0.3 is 19.7 Å². The van der Waals surface area contributed by atoms with E-state index in [1.165, 1.54) is 0 Å².